The molecule has 1 aliphatic rings. The van der Waals surface area contributed by atoms with Gasteiger partial charge in [0.25, 0.3) is 11.5 Å². The molecule has 0 bridgehead atoms. The Kier molecular flexibility index (Phi) is 4.99. The number of fused-ring (bicyclic) bond motifs is 1. The average Bonchev–Trinajstić information content (AvgIpc) is 2.68. The van der Waals surface area contributed by atoms with Crippen LogP contribution >= 0.6 is 23.2 Å². The van der Waals surface area contributed by atoms with Gasteiger partial charge in [-0.15, -0.1) is 0 Å². The van der Waals surface area contributed by atoms with Gasteiger partial charge in [-0.25, -0.2) is 0 Å². The zero-order valence-corrected chi connectivity index (χ0v) is 17.3. The molecule has 3 aromatic rings. The highest BCUT2D eigenvalue weighted by atomic mass is 35.5. The number of hydrogen-bond donors (Lipinski definition) is 1. The lowest BCUT2D eigenvalue weighted by Crippen LogP contribution is -2.42. The number of nitrogens with one attached hydrogen (secondary N) is 1. The predicted molar refractivity (Wildman–Crippen MR) is 115 cm³/mol. The fourth-order valence-corrected chi connectivity index (χ4v) is 3.78. The molecule has 1 heterocycles. The molecule has 1 aliphatic carbocycles. The lowest BCUT2D eigenvalue weighted by atomic mass is 9.90. The van der Waals surface area contributed by atoms with Gasteiger partial charge in [0.1, 0.15) is 0 Å². The molecule has 0 amide bonds. The number of carbonyl (C=O) groups is 2. The highest BCUT2D eigenvalue weighted by Gasteiger charge is 2.38. The number of aromatic nitrogens is 1. The number of benzene rings is 2. The second-order valence-corrected chi connectivity index (χ2v) is 7.79. The van der Waals surface area contributed by atoms with Gasteiger partial charge in [0.2, 0.25) is 5.78 Å². The van der Waals surface area contributed by atoms with Crippen molar-refractivity contribution in [1.29, 1.82) is 0 Å². The molecule has 144 valence electrons. The molecule has 0 spiro atoms. The van der Waals surface area contributed by atoms with Crippen LogP contribution in [0, 0.1) is 13.8 Å². The Morgan fingerprint density at radius 3 is 2.03 bits per heavy atom. The monoisotopic (exact) mass is 423 g/mol. The zero-order valence-electron chi connectivity index (χ0n) is 15.8. The lowest BCUT2D eigenvalue weighted by Gasteiger charge is -2.19. The molecule has 1 N–H and O–H groups in total. The van der Waals surface area contributed by atoms with Crippen molar-refractivity contribution in [3.05, 3.63) is 98.9 Å². The maximum absolute atomic E-state index is 13.4. The summed E-state index contributed by atoms with van der Waals surface area (Å²) in [5.41, 5.74) is 3.75. The number of allylic oxidation sites excluding steroid dienone is 2. The molecule has 4 nitrogen and oxygen atoms in total. The summed E-state index contributed by atoms with van der Waals surface area (Å²) in [6.45, 7) is 3.89. The van der Waals surface area contributed by atoms with E-state index >= 15 is 0 Å². The number of anilines is 1. The van der Waals surface area contributed by atoms with Crippen molar-refractivity contribution in [3.8, 4) is 0 Å². The first kappa shape index (κ1) is 19.4. The minimum Gasteiger partial charge on any atom is -0.347 e. The molecule has 6 heteroatoms. The minimum atomic E-state index is -0.257. The maximum atomic E-state index is 13.4. The Balaban J connectivity index is 1.94. The van der Waals surface area contributed by atoms with Crippen LogP contribution in [-0.2, 0) is 0 Å². The highest BCUT2D eigenvalue weighted by Crippen LogP contribution is 2.30. The standard InChI is InChI=1S/C23H16Cl2N2O2/c1-13-9-14(2)12-27(11-13)21-20(26-15-7-8-18(24)19(25)10-15)22(28)16-5-3-4-6-17(16)23(21)29/h3-12H,1-2H3/p+1. The number of carbonyl (C=O) groups excluding carboxylic acids is 2. The molecule has 29 heavy (non-hydrogen) atoms. The number of pyridine rings is 1. The van der Waals surface area contributed by atoms with Gasteiger partial charge in [-0.05, 0) is 38.1 Å². The van der Waals surface area contributed by atoms with Gasteiger partial charge in [-0.3, -0.25) is 9.59 Å². The number of ketones is 2. The van der Waals surface area contributed by atoms with Gasteiger partial charge in [0, 0.05) is 27.9 Å². The summed E-state index contributed by atoms with van der Waals surface area (Å²) in [6.07, 6.45) is 3.66. The van der Waals surface area contributed by atoms with E-state index in [0.717, 1.165) is 11.1 Å². The summed E-state index contributed by atoms with van der Waals surface area (Å²) >= 11 is 12.1. The van der Waals surface area contributed by atoms with Crippen LogP contribution in [0.15, 0.2) is 66.6 Å². The topological polar surface area (TPSA) is 50.1 Å². The van der Waals surface area contributed by atoms with Crippen LogP contribution < -0.4 is 9.88 Å². The molecule has 0 unspecified atom stereocenters. The van der Waals surface area contributed by atoms with Crippen LogP contribution in [0.5, 0.6) is 0 Å². The SMILES string of the molecule is Cc1cc(C)c[n+](C2=C(Nc3ccc(Cl)c(Cl)c3)C(=O)c3ccccc3C2=O)c1. The van der Waals surface area contributed by atoms with E-state index in [1.807, 2.05) is 32.3 Å². The molecular formula is C23H17Cl2N2O2+. The average molecular weight is 424 g/mol. The Bertz CT molecular complexity index is 1190. The third-order valence-electron chi connectivity index (χ3n) is 4.68. The van der Waals surface area contributed by atoms with E-state index in [1.54, 1.807) is 47.0 Å². The van der Waals surface area contributed by atoms with E-state index in [0.29, 0.717) is 26.9 Å². The summed E-state index contributed by atoms with van der Waals surface area (Å²) in [5, 5.41) is 3.87. The largest absolute Gasteiger partial charge is 0.347 e. The molecule has 0 fully saturated rings. The Morgan fingerprint density at radius 1 is 0.793 bits per heavy atom. The molecular weight excluding hydrogens is 407 g/mol. The number of hydrogen-bond acceptors (Lipinski definition) is 3. The molecule has 0 radical (unpaired) electrons. The van der Waals surface area contributed by atoms with Gasteiger partial charge in [0.05, 0.1) is 10.0 Å². The third-order valence-corrected chi connectivity index (χ3v) is 5.42. The highest BCUT2D eigenvalue weighted by molar-refractivity contribution is 6.42. The molecule has 0 saturated heterocycles. The van der Waals surface area contributed by atoms with Crippen molar-refractivity contribution in [3.63, 3.8) is 0 Å². The van der Waals surface area contributed by atoms with Crippen LogP contribution in [0.2, 0.25) is 10.0 Å². The van der Waals surface area contributed by atoms with Crippen molar-refractivity contribution in [1.82, 2.24) is 0 Å². The summed E-state index contributed by atoms with van der Waals surface area (Å²) in [4.78, 5) is 26.7. The molecule has 0 atom stereocenters. The molecule has 4 rings (SSSR count). The Labute approximate surface area is 178 Å². The maximum Gasteiger partial charge on any atom is 0.286 e. The van der Waals surface area contributed by atoms with Gasteiger partial charge in [-0.1, -0.05) is 47.5 Å². The van der Waals surface area contributed by atoms with Crippen LogP contribution in [-0.4, -0.2) is 11.6 Å². The zero-order chi connectivity index (χ0) is 20.7. The van der Waals surface area contributed by atoms with Crippen molar-refractivity contribution < 1.29 is 14.2 Å². The van der Waals surface area contributed by atoms with E-state index < -0.39 is 0 Å². The first-order valence-corrected chi connectivity index (χ1v) is 9.75. The van der Waals surface area contributed by atoms with E-state index in [-0.39, 0.29) is 23.0 Å². The van der Waals surface area contributed by atoms with Gasteiger partial charge in [0.15, 0.2) is 18.1 Å². The lowest BCUT2D eigenvalue weighted by molar-refractivity contribution is -0.578. The Hall–Kier alpha value is -2.95. The minimum absolute atomic E-state index is 0.196. The van der Waals surface area contributed by atoms with Crippen LogP contribution in [0.3, 0.4) is 0 Å². The number of nitrogens with zero attached hydrogens (tertiary/aromatic N) is 1. The van der Waals surface area contributed by atoms with Crippen LogP contribution in [0.25, 0.3) is 5.70 Å². The third kappa shape index (κ3) is 3.57. The van der Waals surface area contributed by atoms with Crippen molar-refractivity contribution in [2.45, 2.75) is 13.8 Å². The van der Waals surface area contributed by atoms with E-state index in [2.05, 4.69) is 5.32 Å². The van der Waals surface area contributed by atoms with Crippen molar-refractivity contribution >= 4 is 46.2 Å². The summed E-state index contributed by atoms with van der Waals surface area (Å²) < 4.78 is 1.71. The molecule has 0 aliphatic heterocycles. The fourth-order valence-electron chi connectivity index (χ4n) is 3.48. The summed E-state index contributed by atoms with van der Waals surface area (Å²) in [6, 6.07) is 13.8. The Morgan fingerprint density at radius 2 is 1.41 bits per heavy atom. The first-order valence-electron chi connectivity index (χ1n) is 9.00. The molecule has 2 aromatic carbocycles. The summed E-state index contributed by atoms with van der Waals surface area (Å²) in [7, 11) is 0. The van der Waals surface area contributed by atoms with E-state index in [4.69, 9.17) is 23.2 Å². The van der Waals surface area contributed by atoms with E-state index in [1.165, 1.54) is 0 Å². The smallest absolute Gasteiger partial charge is 0.286 e. The first-order chi connectivity index (χ1) is 13.8. The quantitative estimate of drug-likeness (QED) is 0.584. The number of Topliss-reactive ketones (excluding diaryl/α,β-unsaturated/α-hetero) is 2. The predicted octanol–water partition coefficient (Wildman–Crippen LogP) is 5.26. The van der Waals surface area contributed by atoms with Crippen molar-refractivity contribution in [2.24, 2.45) is 0 Å². The van der Waals surface area contributed by atoms with Crippen molar-refractivity contribution in [2.75, 3.05) is 5.32 Å². The fraction of sp³-hybridized carbons (Fsp3) is 0.0870. The van der Waals surface area contributed by atoms with Crippen LogP contribution in [0.1, 0.15) is 31.8 Å². The molecule has 1 aromatic heterocycles. The summed E-state index contributed by atoms with van der Waals surface area (Å²) in [5.74, 6) is -0.481. The number of aryl methyl sites for hydroxylation is 2. The van der Waals surface area contributed by atoms with Crippen LogP contribution in [0.4, 0.5) is 5.69 Å². The number of rotatable bonds is 3. The second-order valence-electron chi connectivity index (χ2n) is 6.98. The van der Waals surface area contributed by atoms with Gasteiger partial charge < -0.3 is 5.32 Å². The molecule has 0 saturated carbocycles. The van der Waals surface area contributed by atoms with Gasteiger partial charge >= 0.3 is 0 Å². The normalized spacial score (nSPS) is 13.5. The number of halogens is 2. The van der Waals surface area contributed by atoms with E-state index in [9.17, 15) is 9.59 Å². The second kappa shape index (κ2) is 7.47. The van der Waals surface area contributed by atoms with Gasteiger partial charge in [-0.2, -0.15) is 4.57 Å².